The van der Waals surface area contributed by atoms with Crippen molar-refractivity contribution >= 4 is 11.4 Å². The number of non-ortho nitro benzene ring substituents is 1. The molecule has 0 saturated carbocycles. The van der Waals surface area contributed by atoms with E-state index in [1.54, 1.807) is 12.1 Å². The highest BCUT2D eigenvalue weighted by molar-refractivity contribution is 5.41. The summed E-state index contributed by atoms with van der Waals surface area (Å²) >= 11 is 0. The van der Waals surface area contributed by atoms with Crippen LogP contribution in [0.5, 0.6) is 0 Å². The van der Waals surface area contributed by atoms with E-state index in [-0.39, 0.29) is 17.9 Å². The van der Waals surface area contributed by atoms with Crippen molar-refractivity contribution in [2.75, 3.05) is 13.1 Å². The fourth-order valence-electron chi connectivity index (χ4n) is 2.99. The van der Waals surface area contributed by atoms with E-state index < -0.39 is 16.0 Å². The molecule has 0 radical (unpaired) electrons. The first-order valence-corrected chi connectivity index (χ1v) is 7.76. The summed E-state index contributed by atoms with van der Waals surface area (Å²) in [7, 11) is 0. The van der Waals surface area contributed by atoms with Gasteiger partial charge in [0, 0.05) is 31.8 Å². The molecular weight excluding hydrogens is 330 g/mol. The minimum atomic E-state index is -0.750. The van der Waals surface area contributed by atoms with Crippen LogP contribution in [-0.2, 0) is 19.5 Å². The van der Waals surface area contributed by atoms with Crippen molar-refractivity contribution in [3.8, 4) is 0 Å². The van der Waals surface area contributed by atoms with Crippen molar-refractivity contribution < 1.29 is 15.0 Å². The van der Waals surface area contributed by atoms with Gasteiger partial charge in [-0.2, -0.15) is 5.10 Å². The largest absolute Gasteiger partial charge is 0.390 e. The number of β-amino-alcohol motifs (C(OH)–C–C–N with tert-alkyl or cyclic N) is 1. The van der Waals surface area contributed by atoms with Gasteiger partial charge in [0.2, 0.25) is 0 Å². The minimum Gasteiger partial charge on any atom is -0.390 e. The molecule has 0 spiro atoms. The Morgan fingerprint density at radius 1 is 1.16 bits per heavy atom. The van der Waals surface area contributed by atoms with E-state index in [0.717, 1.165) is 30.3 Å². The van der Waals surface area contributed by atoms with Crippen molar-refractivity contribution in [3.05, 3.63) is 61.9 Å². The van der Waals surface area contributed by atoms with Gasteiger partial charge in [0.05, 0.1) is 22.5 Å². The summed E-state index contributed by atoms with van der Waals surface area (Å²) in [6.45, 7) is 1.76. The molecule has 0 fully saturated rings. The number of fused-ring (bicyclic) bond motifs is 1. The fraction of sp³-hybridized carbons (Fsp3) is 0.400. The van der Waals surface area contributed by atoms with Gasteiger partial charge in [0.25, 0.3) is 5.69 Å². The van der Waals surface area contributed by atoms with Gasteiger partial charge < -0.3 is 5.11 Å². The maximum atomic E-state index is 10.9. The molecule has 0 amide bonds. The summed E-state index contributed by atoms with van der Waals surface area (Å²) in [6.07, 6.45) is 2.42. The Balaban J connectivity index is 1.60. The summed E-state index contributed by atoms with van der Waals surface area (Å²) in [5.41, 5.74) is 1.91. The van der Waals surface area contributed by atoms with Gasteiger partial charge in [0.1, 0.15) is 12.4 Å². The van der Waals surface area contributed by atoms with Crippen molar-refractivity contribution in [2.24, 2.45) is 0 Å². The lowest BCUT2D eigenvalue weighted by atomic mass is 9.99. The normalized spacial score (nSPS) is 15.6. The third kappa shape index (κ3) is 3.98. The van der Waals surface area contributed by atoms with Crippen LogP contribution in [0.3, 0.4) is 0 Å². The average Bonchev–Trinajstić information content (AvgIpc) is 3.02. The molecule has 1 N–H and O–H groups in total. The van der Waals surface area contributed by atoms with Crippen molar-refractivity contribution in [1.29, 1.82) is 0 Å². The Morgan fingerprint density at radius 2 is 1.92 bits per heavy atom. The molecule has 0 bridgehead atoms. The number of rotatable bonds is 6. The molecule has 0 aliphatic carbocycles. The SMILES string of the molecule is O=[N+]([O-])c1ccc2c(c1)CN(CC(O)Cn1cc([N+](=O)[O-])cn1)CC2. The maximum Gasteiger partial charge on any atom is 0.306 e. The second kappa shape index (κ2) is 6.95. The van der Waals surface area contributed by atoms with Gasteiger partial charge >= 0.3 is 5.69 Å². The Morgan fingerprint density at radius 3 is 2.60 bits per heavy atom. The van der Waals surface area contributed by atoms with Crippen molar-refractivity contribution in [1.82, 2.24) is 14.7 Å². The molecule has 25 heavy (non-hydrogen) atoms. The molecular formula is C15H17N5O5. The Bertz CT molecular complexity index is 805. The van der Waals surface area contributed by atoms with Gasteiger partial charge in [0.15, 0.2) is 0 Å². The highest BCUT2D eigenvalue weighted by atomic mass is 16.6. The zero-order chi connectivity index (χ0) is 18.0. The van der Waals surface area contributed by atoms with Crippen LogP contribution in [-0.4, -0.2) is 48.8 Å². The first kappa shape index (κ1) is 17.0. The van der Waals surface area contributed by atoms with Gasteiger partial charge in [-0.15, -0.1) is 0 Å². The summed E-state index contributed by atoms with van der Waals surface area (Å²) in [6, 6.07) is 4.86. The van der Waals surface area contributed by atoms with Crippen LogP contribution in [0.4, 0.5) is 11.4 Å². The summed E-state index contributed by atoms with van der Waals surface area (Å²) in [5.74, 6) is 0. The lowest BCUT2D eigenvalue weighted by molar-refractivity contribution is -0.385. The number of nitro benzene ring substituents is 1. The third-order valence-corrected chi connectivity index (χ3v) is 4.19. The van der Waals surface area contributed by atoms with Gasteiger partial charge in [-0.3, -0.25) is 29.8 Å². The molecule has 2 heterocycles. The summed E-state index contributed by atoms with van der Waals surface area (Å²) in [4.78, 5) is 22.6. The van der Waals surface area contributed by atoms with Gasteiger partial charge in [-0.05, 0) is 17.5 Å². The minimum absolute atomic E-state index is 0.0602. The van der Waals surface area contributed by atoms with Gasteiger partial charge in [-0.1, -0.05) is 6.07 Å². The van der Waals surface area contributed by atoms with Crippen LogP contribution in [0.15, 0.2) is 30.6 Å². The first-order valence-electron chi connectivity index (χ1n) is 7.76. The number of hydrogen-bond donors (Lipinski definition) is 1. The first-order chi connectivity index (χ1) is 11.9. The highest BCUT2D eigenvalue weighted by Crippen LogP contribution is 2.24. The average molecular weight is 347 g/mol. The second-order valence-corrected chi connectivity index (χ2v) is 6.03. The number of benzene rings is 1. The van der Waals surface area contributed by atoms with Crippen LogP contribution < -0.4 is 0 Å². The Labute approximate surface area is 142 Å². The van der Waals surface area contributed by atoms with E-state index in [9.17, 15) is 25.3 Å². The lowest BCUT2D eigenvalue weighted by Crippen LogP contribution is -2.38. The Kier molecular flexibility index (Phi) is 4.72. The standard InChI is InChI=1S/C15H17N5O5/c21-15(10-18-8-14(6-16-18)20(24)25)9-17-4-3-11-1-2-13(19(22)23)5-12(11)7-17/h1-2,5-6,8,15,21H,3-4,7,9-10H2. The number of aromatic nitrogens is 2. The predicted octanol–water partition coefficient (Wildman–Crippen LogP) is 1.12. The van der Waals surface area contributed by atoms with E-state index in [1.807, 2.05) is 4.90 Å². The molecule has 132 valence electrons. The molecule has 1 aliphatic rings. The van der Waals surface area contributed by atoms with E-state index in [0.29, 0.717) is 13.1 Å². The Hall–Kier alpha value is -2.85. The summed E-state index contributed by atoms with van der Waals surface area (Å²) < 4.78 is 1.34. The van der Waals surface area contributed by atoms with E-state index in [2.05, 4.69) is 5.10 Å². The molecule has 1 aromatic carbocycles. The topological polar surface area (TPSA) is 128 Å². The summed E-state index contributed by atoms with van der Waals surface area (Å²) in [5, 5.41) is 35.6. The number of nitrogens with zero attached hydrogens (tertiary/aromatic N) is 5. The molecule has 1 aromatic heterocycles. The van der Waals surface area contributed by atoms with E-state index >= 15 is 0 Å². The zero-order valence-electron chi connectivity index (χ0n) is 13.3. The number of aliphatic hydroxyl groups excluding tert-OH is 1. The van der Waals surface area contributed by atoms with Crippen LogP contribution >= 0.6 is 0 Å². The van der Waals surface area contributed by atoms with Crippen molar-refractivity contribution in [3.63, 3.8) is 0 Å². The molecule has 10 nitrogen and oxygen atoms in total. The molecule has 0 saturated heterocycles. The van der Waals surface area contributed by atoms with E-state index in [4.69, 9.17) is 0 Å². The number of hydrogen-bond acceptors (Lipinski definition) is 7. The lowest BCUT2D eigenvalue weighted by Gasteiger charge is -2.30. The van der Waals surface area contributed by atoms with Gasteiger partial charge in [-0.25, -0.2) is 0 Å². The molecule has 1 aliphatic heterocycles. The predicted molar refractivity (Wildman–Crippen MR) is 87.0 cm³/mol. The second-order valence-electron chi connectivity index (χ2n) is 6.03. The van der Waals surface area contributed by atoms with Crippen LogP contribution in [0.25, 0.3) is 0 Å². The molecule has 1 unspecified atom stereocenters. The zero-order valence-corrected chi connectivity index (χ0v) is 13.3. The molecule has 10 heteroatoms. The molecule has 1 atom stereocenters. The fourth-order valence-corrected chi connectivity index (χ4v) is 2.99. The number of nitro groups is 2. The maximum absolute atomic E-state index is 10.9. The van der Waals surface area contributed by atoms with Crippen LogP contribution in [0.2, 0.25) is 0 Å². The van der Waals surface area contributed by atoms with Crippen molar-refractivity contribution in [2.45, 2.75) is 25.6 Å². The molecule has 3 rings (SSSR count). The third-order valence-electron chi connectivity index (χ3n) is 4.19. The number of aliphatic hydroxyl groups is 1. The molecule has 2 aromatic rings. The monoisotopic (exact) mass is 347 g/mol. The smallest absolute Gasteiger partial charge is 0.306 e. The van der Waals surface area contributed by atoms with Crippen LogP contribution in [0, 0.1) is 20.2 Å². The quantitative estimate of drug-likeness (QED) is 0.612. The van der Waals surface area contributed by atoms with Crippen LogP contribution in [0.1, 0.15) is 11.1 Å². The highest BCUT2D eigenvalue weighted by Gasteiger charge is 2.21. The van der Waals surface area contributed by atoms with E-state index in [1.165, 1.54) is 16.9 Å².